The molecule has 0 N–H and O–H groups in total. The largest absolute Gasteiger partial charge is 0.283 e. The van der Waals surface area contributed by atoms with Gasteiger partial charge in [-0.1, -0.05) is 36.9 Å². The van der Waals surface area contributed by atoms with Crippen molar-refractivity contribution in [2.24, 2.45) is 5.92 Å². The number of hydrogen-bond donors (Lipinski definition) is 0. The summed E-state index contributed by atoms with van der Waals surface area (Å²) in [6.07, 6.45) is 4.85. The van der Waals surface area contributed by atoms with E-state index >= 15 is 0 Å². The fourth-order valence-corrected chi connectivity index (χ4v) is 6.21. The zero-order valence-electron chi connectivity index (χ0n) is 16.1. The Hall–Kier alpha value is -1.92. The van der Waals surface area contributed by atoms with Gasteiger partial charge in [-0.15, -0.1) is 17.9 Å². The molecule has 1 aliphatic carbocycles. The van der Waals surface area contributed by atoms with Crippen LogP contribution in [0, 0.1) is 11.7 Å². The van der Waals surface area contributed by atoms with Gasteiger partial charge in [0.15, 0.2) is 5.16 Å². The highest BCUT2D eigenvalue weighted by molar-refractivity contribution is 7.99. The van der Waals surface area contributed by atoms with Gasteiger partial charge < -0.3 is 0 Å². The fourth-order valence-electron chi connectivity index (χ4n) is 3.74. The van der Waals surface area contributed by atoms with Gasteiger partial charge >= 0.3 is 0 Å². The number of rotatable bonds is 5. The highest BCUT2D eigenvalue weighted by Gasteiger charge is 2.25. The van der Waals surface area contributed by atoms with Crippen molar-refractivity contribution in [3.63, 3.8) is 0 Å². The molecule has 2 aromatic heterocycles. The van der Waals surface area contributed by atoms with E-state index in [2.05, 4.69) is 13.5 Å². The van der Waals surface area contributed by atoms with E-state index < -0.39 is 0 Å². The SMILES string of the molecule is C=CCn1c(S[C@@H](C)c2ccc(F)cc2)nc2sc3c(c2c1=O)CC[C@@H](C)C3. The number of benzene rings is 1. The third-order valence-corrected chi connectivity index (χ3v) is 7.61. The van der Waals surface area contributed by atoms with E-state index in [1.54, 1.807) is 34.1 Å². The summed E-state index contributed by atoms with van der Waals surface area (Å²) in [5, 5.41) is 1.55. The average Bonchev–Trinajstić information content (AvgIpc) is 3.02. The lowest BCUT2D eigenvalue weighted by molar-refractivity contribution is 0.509. The summed E-state index contributed by atoms with van der Waals surface area (Å²) >= 11 is 3.20. The van der Waals surface area contributed by atoms with Crippen LogP contribution in [-0.2, 0) is 19.4 Å². The van der Waals surface area contributed by atoms with E-state index in [-0.39, 0.29) is 16.6 Å². The second kappa shape index (κ2) is 7.84. The lowest BCUT2D eigenvalue weighted by Gasteiger charge is -2.18. The van der Waals surface area contributed by atoms with Crippen LogP contribution in [0.2, 0.25) is 0 Å². The lowest BCUT2D eigenvalue weighted by Crippen LogP contribution is -2.23. The molecule has 0 fully saturated rings. The Labute approximate surface area is 172 Å². The van der Waals surface area contributed by atoms with Gasteiger partial charge in [0.25, 0.3) is 5.56 Å². The molecule has 0 saturated heterocycles. The first-order valence-corrected chi connectivity index (χ1v) is 11.3. The van der Waals surface area contributed by atoms with Gasteiger partial charge in [-0.2, -0.15) is 0 Å². The normalized spacial score (nSPS) is 17.5. The van der Waals surface area contributed by atoms with Gasteiger partial charge in [0.05, 0.1) is 5.39 Å². The Morgan fingerprint density at radius 2 is 2.18 bits per heavy atom. The first kappa shape index (κ1) is 19.4. The number of hydrogen-bond acceptors (Lipinski definition) is 4. The molecule has 1 aromatic carbocycles. The first-order chi connectivity index (χ1) is 13.5. The van der Waals surface area contributed by atoms with Gasteiger partial charge in [-0.25, -0.2) is 9.37 Å². The zero-order valence-corrected chi connectivity index (χ0v) is 17.7. The zero-order chi connectivity index (χ0) is 19.8. The summed E-state index contributed by atoms with van der Waals surface area (Å²) < 4.78 is 15.0. The minimum Gasteiger partial charge on any atom is -0.283 e. The lowest BCUT2D eigenvalue weighted by atomic mass is 9.89. The quantitative estimate of drug-likeness (QED) is 0.302. The number of halogens is 1. The molecule has 6 heteroatoms. The number of aryl methyl sites for hydroxylation is 1. The molecule has 0 saturated carbocycles. The molecule has 0 radical (unpaired) electrons. The van der Waals surface area contributed by atoms with Crippen LogP contribution in [0.1, 0.15) is 41.5 Å². The molecule has 146 valence electrons. The number of allylic oxidation sites excluding steroid dienone is 1. The number of fused-ring (bicyclic) bond motifs is 3. The molecule has 0 amide bonds. The van der Waals surface area contributed by atoms with Gasteiger partial charge in [-0.3, -0.25) is 9.36 Å². The Balaban J connectivity index is 1.79. The Morgan fingerprint density at radius 1 is 1.43 bits per heavy atom. The molecule has 0 spiro atoms. The van der Waals surface area contributed by atoms with Gasteiger partial charge in [0, 0.05) is 16.7 Å². The second-order valence-electron chi connectivity index (χ2n) is 7.44. The van der Waals surface area contributed by atoms with Crippen molar-refractivity contribution in [3.05, 3.63) is 69.1 Å². The predicted molar refractivity (Wildman–Crippen MR) is 116 cm³/mol. The summed E-state index contributed by atoms with van der Waals surface area (Å²) in [4.78, 5) is 20.4. The van der Waals surface area contributed by atoms with Crippen molar-refractivity contribution in [2.75, 3.05) is 0 Å². The van der Waals surface area contributed by atoms with Crippen LogP contribution in [-0.4, -0.2) is 9.55 Å². The van der Waals surface area contributed by atoms with Crippen LogP contribution in [0.15, 0.2) is 46.9 Å². The van der Waals surface area contributed by atoms with Crippen LogP contribution < -0.4 is 5.56 Å². The van der Waals surface area contributed by atoms with Crippen LogP contribution in [0.5, 0.6) is 0 Å². The predicted octanol–water partition coefficient (Wildman–Crippen LogP) is 5.76. The molecule has 0 aliphatic heterocycles. The van der Waals surface area contributed by atoms with Crippen molar-refractivity contribution in [3.8, 4) is 0 Å². The molecule has 2 heterocycles. The monoisotopic (exact) mass is 414 g/mol. The molecule has 28 heavy (non-hydrogen) atoms. The van der Waals surface area contributed by atoms with Crippen molar-refractivity contribution in [1.29, 1.82) is 0 Å². The molecular weight excluding hydrogens is 391 g/mol. The molecule has 1 aliphatic rings. The molecule has 3 nitrogen and oxygen atoms in total. The number of nitrogens with zero attached hydrogens (tertiary/aromatic N) is 2. The summed E-state index contributed by atoms with van der Waals surface area (Å²) in [7, 11) is 0. The average molecular weight is 415 g/mol. The van der Waals surface area contributed by atoms with Crippen LogP contribution in [0.4, 0.5) is 4.39 Å². The van der Waals surface area contributed by atoms with Crippen LogP contribution >= 0.6 is 23.1 Å². The molecule has 0 unspecified atom stereocenters. The summed E-state index contributed by atoms with van der Waals surface area (Å²) in [6.45, 7) is 8.56. The second-order valence-corrected chi connectivity index (χ2v) is 9.83. The summed E-state index contributed by atoms with van der Waals surface area (Å²) in [6, 6.07) is 6.50. The Morgan fingerprint density at radius 3 is 2.89 bits per heavy atom. The molecular formula is C22H23FN2OS2. The standard InChI is InChI=1S/C22H23FN2OS2/c1-4-11-25-21(26)19-17-10-5-13(2)12-18(17)28-20(19)24-22(25)27-14(3)15-6-8-16(23)9-7-15/h4,6-9,13-14H,1,5,10-12H2,2-3H3/t13-,14+/m1/s1. The van der Waals surface area contributed by atoms with Crippen molar-refractivity contribution >= 4 is 33.3 Å². The van der Waals surface area contributed by atoms with Crippen molar-refractivity contribution in [1.82, 2.24) is 9.55 Å². The van der Waals surface area contributed by atoms with E-state index in [0.717, 1.165) is 35.0 Å². The molecule has 0 bridgehead atoms. The summed E-state index contributed by atoms with van der Waals surface area (Å²) in [5.41, 5.74) is 2.24. The minimum absolute atomic E-state index is 0.0331. The highest BCUT2D eigenvalue weighted by atomic mass is 32.2. The van der Waals surface area contributed by atoms with Gasteiger partial charge in [-0.05, 0) is 55.4 Å². The Kier molecular flexibility index (Phi) is 5.43. The molecule has 2 atom stereocenters. The Bertz CT molecular complexity index is 1080. The van der Waals surface area contributed by atoms with Crippen LogP contribution in [0.3, 0.4) is 0 Å². The molecule has 3 aromatic rings. The van der Waals surface area contributed by atoms with Crippen molar-refractivity contribution < 1.29 is 4.39 Å². The number of aromatic nitrogens is 2. The van der Waals surface area contributed by atoms with E-state index in [4.69, 9.17) is 4.98 Å². The molecule has 4 rings (SSSR count). The third-order valence-electron chi connectivity index (χ3n) is 5.31. The number of thiophene rings is 1. The maximum Gasteiger partial charge on any atom is 0.263 e. The third kappa shape index (κ3) is 3.55. The van der Waals surface area contributed by atoms with E-state index in [1.165, 1.54) is 34.3 Å². The minimum atomic E-state index is -0.248. The maximum absolute atomic E-state index is 13.3. The highest BCUT2D eigenvalue weighted by Crippen LogP contribution is 2.38. The van der Waals surface area contributed by atoms with Gasteiger partial charge in [0.2, 0.25) is 0 Å². The van der Waals surface area contributed by atoms with Gasteiger partial charge in [0.1, 0.15) is 10.6 Å². The first-order valence-electron chi connectivity index (χ1n) is 9.56. The number of thioether (sulfide) groups is 1. The van der Waals surface area contributed by atoms with E-state index in [9.17, 15) is 9.18 Å². The smallest absolute Gasteiger partial charge is 0.263 e. The fraction of sp³-hybridized carbons (Fsp3) is 0.364. The van der Waals surface area contributed by atoms with Crippen molar-refractivity contribution in [2.45, 2.75) is 50.1 Å². The van der Waals surface area contributed by atoms with Crippen LogP contribution in [0.25, 0.3) is 10.2 Å². The maximum atomic E-state index is 13.3. The summed E-state index contributed by atoms with van der Waals surface area (Å²) in [5.74, 6) is 0.408. The topological polar surface area (TPSA) is 34.9 Å². The van der Waals surface area contributed by atoms with E-state index in [0.29, 0.717) is 17.6 Å². The van der Waals surface area contributed by atoms with E-state index in [1.807, 2.05) is 6.92 Å².